The van der Waals surface area contributed by atoms with Crippen molar-refractivity contribution in [1.29, 1.82) is 0 Å². The molecule has 2 N–H and O–H groups in total. The van der Waals surface area contributed by atoms with E-state index in [0.29, 0.717) is 35.4 Å². The number of rotatable bonds is 8. The minimum atomic E-state index is -0.421. The van der Waals surface area contributed by atoms with E-state index in [1.165, 1.54) is 7.11 Å². The lowest BCUT2D eigenvalue weighted by molar-refractivity contribution is 0.0599. The highest BCUT2D eigenvalue weighted by Gasteiger charge is 2.25. The van der Waals surface area contributed by atoms with Crippen molar-refractivity contribution in [3.8, 4) is 5.75 Å². The van der Waals surface area contributed by atoms with Gasteiger partial charge in [0.2, 0.25) is 0 Å². The summed E-state index contributed by atoms with van der Waals surface area (Å²) in [5.41, 5.74) is 3.34. The van der Waals surface area contributed by atoms with Gasteiger partial charge in [0.25, 0.3) is 5.91 Å². The quantitative estimate of drug-likeness (QED) is 0.696. The van der Waals surface area contributed by atoms with Gasteiger partial charge in [0.05, 0.1) is 19.8 Å². The number of aryl methyl sites for hydroxylation is 1. The molecule has 0 spiro atoms. The van der Waals surface area contributed by atoms with Gasteiger partial charge in [-0.3, -0.25) is 4.79 Å². The first-order valence-corrected chi connectivity index (χ1v) is 9.14. The summed E-state index contributed by atoms with van der Waals surface area (Å²) in [5.74, 6) is 0.154. The van der Waals surface area contributed by atoms with Gasteiger partial charge in [0.1, 0.15) is 11.4 Å². The second kappa shape index (κ2) is 9.26. The summed E-state index contributed by atoms with van der Waals surface area (Å²) in [6, 6.07) is 7.70. The van der Waals surface area contributed by atoms with Crippen LogP contribution < -0.4 is 10.1 Å². The minimum Gasteiger partial charge on any atom is -0.497 e. The number of H-pyrrole nitrogens is 1. The normalized spacial score (nSPS) is 11.7. The highest BCUT2D eigenvalue weighted by molar-refractivity contribution is 6.00. The molecule has 1 atom stereocenters. The molecule has 2 aromatic rings. The van der Waals surface area contributed by atoms with Gasteiger partial charge in [-0.1, -0.05) is 25.5 Å². The standard InChI is InChI=1S/C21H28N2O4/c1-6-8-17-18(21(25)27-5)14(3)23-19(17)20(24)22-13(2)11-15-9-7-10-16(12-15)26-4/h7,9-10,12-13,23H,6,8,11H2,1-5H3,(H,22,24). The molecule has 1 heterocycles. The summed E-state index contributed by atoms with van der Waals surface area (Å²) in [5, 5.41) is 3.02. The number of ether oxygens (including phenoxy) is 2. The van der Waals surface area contributed by atoms with Crippen molar-refractivity contribution in [2.24, 2.45) is 0 Å². The number of hydrogen-bond donors (Lipinski definition) is 2. The van der Waals surface area contributed by atoms with Crippen LogP contribution in [-0.4, -0.2) is 37.1 Å². The molecule has 1 aromatic carbocycles. The number of benzene rings is 1. The third-order valence-electron chi connectivity index (χ3n) is 4.46. The Bertz CT molecular complexity index is 811. The van der Waals surface area contributed by atoms with Crippen LogP contribution in [0.25, 0.3) is 0 Å². The van der Waals surface area contributed by atoms with E-state index in [-0.39, 0.29) is 11.9 Å². The lowest BCUT2D eigenvalue weighted by Gasteiger charge is -2.15. The van der Waals surface area contributed by atoms with E-state index in [9.17, 15) is 9.59 Å². The van der Waals surface area contributed by atoms with Gasteiger partial charge < -0.3 is 19.8 Å². The minimum absolute atomic E-state index is 0.0794. The molecule has 0 bridgehead atoms. The Kier molecular flexibility index (Phi) is 7.05. The highest BCUT2D eigenvalue weighted by atomic mass is 16.5. The maximum Gasteiger partial charge on any atom is 0.339 e. The monoisotopic (exact) mass is 372 g/mol. The van der Waals surface area contributed by atoms with Crippen molar-refractivity contribution in [2.45, 2.75) is 46.1 Å². The van der Waals surface area contributed by atoms with Gasteiger partial charge in [-0.2, -0.15) is 0 Å². The molecular formula is C21H28N2O4. The predicted molar refractivity (Wildman–Crippen MR) is 104 cm³/mol. The van der Waals surface area contributed by atoms with Crippen molar-refractivity contribution >= 4 is 11.9 Å². The topological polar surface area (TPSA) is 80.4 Å². The SMILES string of the molecule is CCCc1c(C(=O)NC(C)Cc2cccc(OC)c2)[nH]c(C)c1C(=O)OC. The Morgan fingerprint density at radius 2 is 2.00 bits per heavy atom. The van der Waals surface area contributed by atoms with E-state index in [4.69, 9.17) is 9.47 Å². The summed E-state index contributed by atoms with van der Waals surface area (Å²) in [7, 11) is 2.98. The summed E-state index contributed by atoms with van der Waals surface area (Å²) in [6.45, 7) is 5.74. The molecule has 0 aliphatic heterocycles. The number of aromatic amines is 1. The average Bonchev–Trinajstić information content (AvgIpc) is 2.97. The Balaban J connectivity index is 2.18. The van der Waals surface area contributed by atoms with E-state index in [1.54, 1.807) is 14.0 Å². The Morgan fingerprint density at radius 3 is 2.63 bits per heavy atom. The first-order valence-electron chi connectivity index (χ1n) is 9.14. The number of amides is 1. The average molecular weight is 372 g/mol. The van der Waals surface area contributed by atoms with Gasteiger partial charge in [-0.15, -0.1) is 0 Å². The summed E-state index contributed by atoms with van der Waals surface area (Å²) >= 11 is 0. The van der Waals surface area contributed by atoms with E-state index < -0.39 is 5.97 Å². The van der Waals surface area contributed by atoms with Gasteiger partial charge in [-0.05, 0) is 49.9 Å². The third-order valence-corrected chi connectivity index (χ3v) is 4.46. The number of esters is 1. The van der Waals surface area contributed by atoms with Crippen LogP contribution >= 0.6 is 0 Å². The third kappa shape index (κ3) is 4.90. The fourth-order valence-corrected chi connectivity index (χ4v) is 3.25. The molecule has 27 heavy (non-hydrogen) atoms. The van der Waals surface area contributed by atoms with Crippen molar-refractivity contribution in [1.82, 2.24) is 10.3 Å². The zero-order valence-electron chi connectivity index (χ0n) is 16.6. The first-order chi connectivity index (χ1) is 12.9. The van der Waals surface area contributed by atoms with Crippen molar-refractivity contribution in [2.75, 3.05) is 14.2 Å². The predicted octanol–water partition coefficient (Wildman–Crippen LogP) is 3.43. The maximum atomic E-state index is 12.8. The first kappa shape index (κ1) is 20.6. The summed E-state index contributed by atoms with van der Waals surface area (Å²) in [4.78, 5) is 28.0. The van der Waals surface area contributed by atoms with Crippen LogP contribution in [0.4, 0.5) is 0 Å². The number of nitrogens with one attached hydrogen (secondary N) is 2. The Hall–Kier alpha value is -2.76. The van der Waals surface area contributed by atoms with Crippen LogP contribution in [-0.2, 0) is 17.6 Å². The molecular weight excluding hydrogens is 344 g/mol. The maximum absolute atomic E-state index is 12.8. The largest absolute Gasteiger partial charge is 0.497 e. The molecule has 2 rings (SSSR count). The van der Waals surface area contributed by atoms with Crippen molar-refractivity contribution in [3.05, 3.63) is 52.3 Å². The fraction of sp³-hybridized carbons (Fsp3) is 0.429. The van der Waals surface area contributed by atoms with Crippen LogP contribution in [0.3, 0.4) is 0 Å². The molecule has 6 nitrogen and oxygen atoms in total. The zero-order chi connectivity index (χ0) is 20.0. The fourth-order valence-electron chi connectivity index (χ4n) is 3.25. The van der Waals surface area contributed by atoms with Gasteiger partial charge in [0.15, 0.2) is 0 Å². The van der Waals surface area contributed by atoms with Gasteiger partial charge in [-0.25, -0.2) is 4.79 Å². The van der Waals surface area contributed by atoms with Crippen LogP contribution in [0.2, 0.25) is 0 Å². The Labute approximate surface area is 160 Å². The second-order valence-corrected chi connectivity index (χ2v) is 6.65. The van der Waals surface area contributed by atoms with Crippen LogP contribution in [0.1, 0.15) is 57.9 Å². The van der Waals surface area contributed by atoms with Crippen LogP contribution in [0.15, 0.2) is 24.3 Å². The molecule has 0 radical (unpaired) electrons. The van der Waals surface area contributed by atoms with E-state index >= 15 is 0 Å². The van der Waals surface area contributed by atoms with Crippen molar-refractivity contribution < 1.29 is 19.1 Å². The molecule has 6 heteroatoms. The second-order valence-electron chi connectivity index (χ2n) is 6.65. The molecule has 0 saturated carbocycles. The van der Waals surface area contributed by atoms with E-state index in [1.807, 2.05) is 38.1 Å². The van der Waals surface area contributed by atoms with Crippen LogP contribution in [0.5, 0.6) is 5.75 Å². The molecule has 1 unspecified atom stereocenters. The molecule has 146 valence electrons. The van der Waals surface area contributed by atoms with E-state index in [2.05, 4.69) is 10.3 Å². The molecule has 1 amide bonds. The Morgan fingerprint density at radius 1 is 1.26 bits per heavy atom. The van der Waals surface area contributed by atoms with Crippen molar-refractivity contribution in [3.63, 3.8) is 0 Å². The molecule has 0 aliphatic rings. The lowest BCUT2D eigenvalue weighted by Crippen LogP contribution is -2.34. The molecule has 0 saturated heterocycles. The zero-order valence-corrected chi connectivity index (χ0v) is 16.6. The van der Waals surface area contributed by atoms with Crippen LogP contribution in [0, 0.1) is 6.92 Å². The summed E-state index contributed by atoms with van der Waals surface area (Å²) in [6.07, 6.45) is 2.12. The number of carbonyl (C=O) groups is 2. The number of aromatic nitrogens is 1. The highest BCUT2D eigenvalue weighted by Crippen LogP contribution is 2.22. The number of methoxy groups -OCH3 is 2. The molecule has 1 aromatic heterocycles. The van der Waals surface area contributed by atoms with Gasteiger partial charge in [0, 0.05) is 11.7 Å². The number of carbonyl (C=O) groups excluding carboxylic acids is 2. The smallest absolute Gasteiger partial charge is 0.339 e. The van der Waals surface area contributed by atoms with Gasteiger partial charge >= 0.3 is 5.97 Å². The molecule has 0 aliphatic carbocycles. The number of hydrogen-bond acceptors (Lipinski definition) is 4. The summed E-state index contributed by atoms with van der Waals surface area (Å²) < 4.78 is 10.1. The lowest BCUT2D eigenvalue weighted by atomic mass is 10.0. The molecule has 0 fully saturated rings. The van der Waals surface area contributed by atoms with E-state index in [0.717, 1.165) is 17.7 Å².